The zero-order valence-corrected chi connectivity index (χ0v) is 17.9. The maximum Gasteiger partial charge on any atom is 0.305 e. The molecule has 3 rings (SSSR count). The van der Waals surface area contributed by atoms with Crippen LogP contribution in [0.3, 0.4) is 0 Å². The number of nitrogens with one attached hydrogen (secondary N) is 1. The Balaban J connectivity index is 1.56. The maximum atomic E-state index is 13.0. The lowest BCUT2D eigenvalue weighted by molar-refractivity contribution is -0.143. The van der Waals surface area contributed by atoms with E-state index in [1.807, 2.05) is 37.3 Å². The van der Waals surface area contributed by atoms with Gasteiger partial charge in [-0.25, -0.2) is 4.21 Å². The summed E-state index contributed by atoms with van der Waals surface area (Å²) in [4.78, 5) is 13.2. The molecule has 1 aliphatic heterocycles. The normalized spacial score (nSPS) is 23.3. The number of benzene rings is 1. The van der Waals surface area contributed by atoms with Crippen molar-refractivity contribution in [1.29, 1.82) is 0 Å². The number of halogens is 1. The second-order valence-corrected chi connectivity index (χ2v) is 9.15. The average Bonchev–Trinajstić information content (AvgIpc) is 2.70. The number of hydrogen-bond donors (Lipinski definition) is 1. The molecule has 1 aliphatic carbocycles. The fourth-order valence-electron chi connectivity index (χ4n) is 3.74. The maximum absolute atomic E-state index is 13.0. The zero-order valence-electron chi connectivity index (χ0n) is 16.3. The van der Waals surface area contributed by atoms with Gasteiger partial charge in [-0.15, -0.1) is 11.6 Å². The van der Waals surface area contributed by atoms with Crippen LogP contribution in [0, 0.1) is 0 Å². The van der Waals surface area contributed by atoms with Crippen LogP contribution in [-0.4, -0.2) is 28.7 Å². The van der Waals surface area contributed by atoms with E-state index in [-0.39, 0.29) is 17.4 Å². The van der Waals surface area contributed by atoms with Crippen LogP contribution in [0.4, 0.5) is 0 Å². The number of rotatable bonds is 9. The largest absolute Gasteiger partial charge is 0.466 e. The fraction of sp³-hybridized carbons (Fsp3) is 0.500. The molecule has 0 saturated carbocycles. The van der Waals surface area contributed by atoms with Gasteiger partial charge in [0, 0.05) is 22.6 Å². The summed E-state index contributed by atoms with van der Waals surface area (Å²) >= 11 is 6.29. The number of ether oxygens (including phenoxy) is 1. The zero-order chi connectivity index (χ0) is 19.9. The van der Waals surface area contributed by atoms with Crippen molar-refractivity contribution in [3.63, 3.8) is 0 Å². The summed E-state index contributed by atoms with van der Waals surface area (Å²) in [5.74, 6) is -0.103. The number of carbonyl (C=O) groups is 1. The van der Waals surface area contributed by atoms with Crippen molar-refractivity contribution in [2.75, 3.05) is 13.2 Å². The molecule has 0 amide bonds. The first-order chi connectivity index (χ1) is 13.6. The van der Waals surface area contributed by atoms with E-state index in [1.165, 1.54) is 0 Å². The highest BCUT2D eigenvalue weighted by Crippen LogP contribution is 2.42. The second-order valence-electron chi connectivity index (χ2n) is 7.12. The molecule has 1 aromatic rings. The van der Waals surface area contributed by atoms with Crippen molar-refractivity contribution in [3.8, 4) is 0 Å². The van der Waals surface area contributed by atoms with Crippen molar-refractivity contribution < 1.29 is 13.7 Å². The minimum Gasteiger partial charge on any atom is -0.466 e. The Kier molecular flexibility index (Phi) is 7.89. The number of fused-ring (bicyclic) bond motifs is 1. The van der Waals surface area contributed by atoms with E-state index >= 15 is 0 Å². The lowest BCUT2D eigenvalue weighted by Gasteiger charge is -2.32. The van der Waals surface area contributed by atoms with Gasteiger partial charge in [-0.2, -0.15) is 0 Å². The summed E-state index contributed by atoms with van der Waals surface area (Å²) in [5.41, 5.74) is 2.20. The summed E-state index contributed by atoms with van der Waals surface area (Å²) in [6.45, 7) is 3.16. The highest BCUT2D eigenvalue weighted by Gasteiger charge is 2.33. The molecule has 0 bridgehead atoms. The molecular formula is C22H28ClNO3S. The third-order valence-corrected chi connectivity index (χ3v) is 7.03. The Labute approximate surface area is 174 Å². The molecule has 1 heterocycles. The monoisotopic (exact) mass is 421 g/mol. The highest BCUT2D eigenvalue weighted by molar-refractivity contribution is 7.89. The van der Waals surface area contributed by atoms with Crippen LogP contribution >= 0.6 is 11.6 Å². The number of hydrogen-bond acceptors (Lipinski definition) is 4. The van der Waals surface area contributed by atoms with E-state index in [2.05, 4.69) is 11.4 Å². The summed E-state index contributed by atoms with van der Waals surface area (Å²) in [6, 6.07) is 8.03. The Morgan fingerprint density at radius 3 is 2.86 bits per heavy atom. The van der Waals surface area contributed by atoms with Gasteiger partial charge in [-0.1, -0.05) is 43.2 Å². The quantitative estimate of drug-likeness (QED) is 0.354. The van der Waals surface area contributed by atoms with Crippen LogP contribution in [0.15, 0.2) is 51.8 Å². The van der Waals surface area contributed by atoms with Crippen molar-refractivity contribution in [2.45, 2.75) is 61.8 Å². The molecular weight excluding hydrogens is 394 g/mol. The van der Waals surface area contributed by atoms with E-state index in [1.54, 1.807) is 0 Å². The van der Waals surface area contributed by atoms with Crippen LogP contribution in [0.1, 0.15) is 57.1 Å². The van der Waals surface area contributed by atoms with E-state index < -0.39 is 10.8 Å². The molecule has 0 spiro atoms. The highest BCUT2D eigenvalue weighted by atomic mass is 35.5. The van der Waals surface area contributed by atoms with Crippen molar-refractivity contribution in [1.82, 2.24) is 5.32 Å². The molecule has 6 heteroatoms. The molecule has 3 atom stereocenters. The van der Waals surface area contributed by atoms with Crippen molar-refractivity contribution in [3.05, 3.63) is 52.5 Å². The standard InChI is InChI=1S/C22H28ClNO3S/c1-2-27-21(25)11-5-3-4-8-14-24-22-17-9-6-7-10-19(17)28(26)20-15-16(23)12-13-18(20)22/h6-7,9-10,12-13,16,22,24H,2-5,8,11,14-15H2,1H3. The van der Waals surface area contributed by atoms with Gasteiger partial charge in [0.1, 0.15) is 0 Å². The Hall–Kier alpha value is -1.43. The van der Waals surface area contributed by atoms with Gasteiger partial charge in [-0.05, 0) is 43.5 Å². The molecule has 0 aromatic heterocycles. The number of carbonyl (C=O) groups excluding carboxylic acids is 1. The number of esters is 1. The molecule has 0 radical (unpaired) electrons. The fourth-order valence-corrected chi connectivity index (χ4v) is 5.66. The first kappa shape index (κ1) is 21.3. The molecule has 152 valence electrons. The summed E-state index contributed by atoms with van der Waals surface area (Å²) in [6.07, 6.45) is 9.18. The van der Waals surface area contributed by atoms with Crippen LogP contribution in [0.5, 0.6) is 0 Å². The summed E-state index contributed by atoms with van der Waals surface area (Å²) < 4.78 is 17.9. The van der Waals surface area contributed by atoms with E-state index in [4.69, 9.17) is 16.3 Å². The predicted octanol–water partition coefficient (Wildman–Crippen LogP) is 4.77. The van der Waals surface area contributed by atoms with Gasteiger partial charge in [0.25, 0.3) is 0 Å². The molecule has 2 aliphatic rings. The minimum atomic E-state index is -1.13. The lowest BCUT2D eigenvalue weighted by atomic mass is 9.93. The predicted molar refractivity (Wildman–Crippen MR) is 114 cm³/mol. The van der Waals surface area contributed by atoms with E-state index in [0.29, 0.717) is 19.4 Å². The van der Waals surface area contributed by atoms with Gasteiger partial charge in [-0.3, -0.25) is 4.79 Å². The van der Waals surface area contributed by atoms with Gasteiger partial charge in [0.2, 0.25) is 0 Å². The third-order valence-electron chi connectivity index (χ3n) is 5.11. The minimum absolute atomic E-state index is 0.0591. The molecule has 4 nitrogen and oxygen atoms in total. The van der Waals surface area contributed by atoms with Crippen LogP contribution in [0.2, 0.25) is 0 Å². The Morgan fingerprint density at radius 1 is 1.25 bits per heavy atom. The second kappa shape index (κ2) is 10.4. The topological polar surface area (TPSA) is 55.4 Å². The molecule has 28 heavy (non-hydrogen) atoms. The van der Waals surface area contributed by atoms with E-state index in [9.17, 15) is 9.00 Å². The molecule has 0 fully saturated rings. The number of allylic oxidation sites excluding steroid dienone is 2. The van der Waals surface area contributed by atoms with Gasteiger partial charge < -0.3 is 10.1 Å². The number of alkyl halides is 1. The van der Waals surface area contributed by atoms with Gasteiger partial charge >= 0.3 is 5.97 Å². The molecule has 1 N–H and O–H groups in total. The number of unbranched alkanes of at least 4 members (excludes halogenated alkanes) is 3. The lowest BCUT2D eigenvalue weighted by Crippen LogP contribution is -2.30. The SMILES string of the molecule is CCOC(=O)CCCCCCNC1C2=C(CC(Cl)C=C2)S(=O)c2ccccc21. The Morgan fingerprint density at radius 2 is 2.04 bits per heavy atom. The Bertz CT molecular complexity index is 790. The van der Waals surface area contributed by atoms with Gasteiger partial charge in [0.05, 0.1) is 28.8 Å². The third kappa shape index (κ3) is 5.13. The smallest absolute Gasteiger partial charge is 0.305 e. The summed E-state index contributed by atoms with van der Waals surface area (Å²) in [7, 11) is -1.13. The first-order valence-electron chi connectivity index (χ1n) is 10.1. The van der Waals surface area contributed by atoms with Crippen molar-refractivity contribution >= 4 is 28.4 Å². The van der Waals surface area contributed by atoms with E-state index in [0.717, 1.165) is 53.2 Å². The van der Waals surface area contributed by atoms with Crippen LogP contribution in [-0.2, 0) is 20.3 Å². The molecule has 0 saturated heterocycles. The van der Waals surface area contributed by atoms with Crippen LogP contribution in [0.25, 0.3) is 0 Å². The van der Waals surface area contributed by atoms with Gasteiger partial charge in [0.15, 0.2) is 0 Å². The van der Waals surface area contributed by atoms with Crippen molar-refractivity contribution in [2.24, 2.45) is 0 Å². The molecule has 3 unspecified atom stereocenters. The molecule has 1 aromatic carbocycles. The average molecular weight is 422 g/mol. The first-order valence-corrected chi connectivity index (χ1v) is 11.7. The summed E-state index contributed by atoms with van der Waals surface area (Å²) in [5, 5.41) is 3.56. The van der Waals surface area contributed by atoms with Crippen LogP contribution < -0.4 is 5.32 Å².